The van der Waals surface area contributed by atoms with Crippen molar-refractivity contribution < 1.29 is 4.74 Å². The zero-order valence-corrected chi connectivity index (χ0v) is 5.29. The summed E-state index contributed by atoms with van der Waals surface area (Å²) in [5.74, 6) is 2.60. The van der Waals surface area contributed by atoms with Gasteiger partial charge in [0, 0.05) is 18.9 Å². The lowest BCUT2D eigenvalue weighted by molar-refractivity contribution is 0.240. The standard InChI is InChI=1S/C5H5NOS/c1-7-3-2-4-8-5-6/h3H2,1H3. The largest absolute Gasteiger partial charge is 0.372 e. The van der Waals surface area contributed by atoms with Crippen molar-refractivity contribution in [2.75, 3.05) is 13.7 Å². The van der Waals surface area contributed by atoms with E-state index >= 15 is 0 Å². The summed E-state index contributed by atoms with van der Waals surface area (Å²) in [5.41, 5.74) is 0. The van der Waals surface area contributed by atoms with Crippen LogP contribution in [0.1, 0.15) is 0 Å². The van der Waals surface area contributed by atoms with Crippen molar-refractivity contribution in [1.29, 1.82) is 5.26 Å². The maximum atomic E-state index is 7.94. The molecule has 42 valence electrons. The number of methoxy groups -OCH3 is 1. The van der Waals surface area contributed by atoms with Crippen LogP contribution in [0.5, 0.6) is 0 Å². The molecule has 2 nitrogen and oxygen atoms in total. The summed E-state index contributed by atoms with van der Waals surface area (Å²) < 4.78 is 4.59. The van der Waals surface area contributed by atoms with E-state index in [1.54, 1.807) is 7.11 Å². The molecule has 0 aromatic rings. The highest BCUT2D eigenvalue weighted by atomic mass is 32.2. The van der Waals surface area contributed by atoms with Gasteiger partial charge in [0.05, 0.1) is 0 Å². The van der Waals surface area contributed by atoms with Crippen LogP contribution in [0.25, 0.3) is 0 Å². The molecule has 0 bridgehead atoms. The fraction of sp³-hybridized carbons (Fsp3) is 0.400. The smallest absolute Gasteiger partial charge is 0.147 e. The molecule has 0 saturated heterocycles. The summed E-state index contributed by atoms with van der Waals surface area (Å²) in [6.45, 7) is 0.397. The van der Waals surface area contributed by atoms with Crippen molar-refractivity contribution in [3.8, 4) is 16.6 Å². The first kappa shape index (κ1) is 7.36. The second-order valence-corrected chi connectivity index (χ2v) is 1.50. The molecule has 0 rings (SSSR count). The van der Waals surface area contributed by atoms with E-state index in [9.17, 15) is 0 Å². The van der Waals surface area contributed by atoms with Gasteiger partial charge in [0.2, 0.25) is 0 Å². The second-order valence-electron chi connectivity index (χ2n) is 0.905. The summed E-state index contributed by atoms with van der Waals surface area (Å²) in [5, 5.41) is 12.3. The molecule has 0 aromatic carbocycles. The van der Waals surface area contributed by atoms with Crippen molar-refractivity contribution in [2.24, 2.45) is 0 Å². The molecule has 0 fully saturated rings. The van der Waals surface area contributed by atoms with Crippen molar-refractivity contribution in [3.05, 3.63) is 0 Å². The van der Waals surface area contributed by atoms with Gasteiger partial charge in [-0.25, -0.2) is 0 Å². The van der Waals surface area contributed by atoms with Crippen LogP contribution in [0, 0.1) is 21.8 Å². The van der Waals surface area contributed by atoms with E-state index in [4.69, 9.17) is 5.26 Å². The zero-order valence-electron chi connectivity index (χ0n) is 4.47. The van der Waals surface area contributed by atoms with Gasteiger partial charge in [-0.1, -0.05) is 5.92 Å². The Morgan fingerprint density at radius 1 is 1.75 bits per heavy atom. The molecule has 0 heterocycles. The van der Waals surface area contributed by atoms with Crippen LogP contribution in [0.2, 0.25) is 0 Å². The third-order valence-electron chi connectivity index (χ3n) is 0.385. The minimum atomic E-state index is 0.397. The molecule has 0 aliphatic rings. The van der Waals surface area contributed by atoms with E-state index < -0.39 is 0 Å². The number of hydrogen-bond acceptors (Lipinski definition) is 3. The minimum absolute atomic E-state index is 0.397. The topological polar surface area (TPSA) is 33.0 Å². The predicted octanol–water partition coefficient (Wildman–Crippen LogP) is 0.808. The van der Waals surface area contributed by atoms with Gasteiger partial charge in [-0.15, -0.1) is 0 Å². The predicted molar refractivity (Wildman–Crippen MR) is 32.9 cm³/mol. The lowest BCUT2D eigenvalue weighted by Crippen LogP contribution is -1.78. The first-order chi connectivity index (χ1) is 3.91. The van der Waals surface area contributed by atoms with Crippen LogP contribution in [0.15, 0.2) is 0 Å². The number of rotatable bonds is 1. The van der Waals surface area contributed by atoms with Gasteiger partial charge in [0.1, 0.15) is 12.0 Å². The molecule has 0 N–H and O–H groups in total. The second kappa shape index (κ2) is 6.36. The summed E-state index contributed by atoms with van der Waals surface area (Å²) in [4.78, 5) is 0. The minimum Gasteiger partial charge on any atom is -0.372 e. The monoisotopic (exact) mass is 127 g/mol. The molecular formula is C5H5NOS. The average molecular weight is 127 g/mol. The summed E-state index contributed by atoms with van der Waals surface area (Å²) >= 11 is 0.912. The maximum Gasteiger partial charge on any atom is 0.147 e. The van der Waals surface area contributed by atoms with Crippen molar-refractivity contribution in [3.63, 3.8) is 0 Å². The molecule has 0 aliphatic heterocycles. The van der Waals surface area contributed by atoms with Gasteiger partial charge < -0.3 is 4.74 Å². The Morgan fingerprint density at radius 2 is 2.50 bits per heavy atom. The van der Waals surface area contributed by atoms with Crippen molar-refractivity contribution >= 4 is 11.8 Å². The quantitative estimate of drug-likeness (QED) is 0.386. The third kappa shape index (κ3) is 5.36. The summed E-state index contributed by atoms with van der Waals surface area (Å²) in [6, 6.07) is 0. The normalized spacial score (nSPS) is 6.50. The van der Waals surface area contributed by atoms with Crippen molar-refractivity contribution in [2.45, 2.75) is 0 Å². The van der Waals surface area contributed by atoms with Crippen molar-refractivity contribution in [1.82, 2.24) is 0 Å². The number of thiocyanates is 1. The fourth-order valence-electron chi connectivity index (χ4n) is 0.161. The number of nitrogens with zero attached hydrogens (tertiary/aromatic N) is 1. The number of hydrogen-bond donors (Lipinski definition) is 0. The molecule has 0 aliphatic carbocycles. The van der Waals surface area contributed by atoms with Gasteiger partial charge >= 0.3 is 0 Å². The lowest BCUT2D eigenvalue weighted by atomic mass is 10.8. The highest BCUT2D eigenvalue weighted by Gasteiger charge is 1.68. The first-order valence-corrected chi connectivity index (χ1v) is 2.75. The van der Waals surface area contributed by atoms with E-state index in [0.717, 1.165) is 11.8 Å². The number of thioether (sulfide) groups is 1. The van der Waals surface area contributed by atoms with Gasteiger partial charge in [0.25, 0.3) is 0 Å². The van der Waals surface area contributed by atoms with Gasteiger partial charge in [-0.2, -0.15) is 5.26 Å². The SMILES string of the molecule is COCC#CSC#N. The zero-order chi connectivity index (χ0) is 6.24. The molecule has 3 heteroatoms. The van der Waals surface area contributed by atoms with E-state index in [2.05, 4.69) is 15.9 Å². The van der Waals surface area contributed by atoms with Crippen LogP contribution >= 0.6 is 11.8 Å². The Balaban J connectivity index is 3.11. The van der Waals surface area contributed by atoms with Crippen LogP contribution in [-0.2, 0) is 4.74 Å². The van der Waals surface area contributed by atoms with Gasteiger partial charge in [0.15, 0.2) is 0 Å². The average Bonchev–Trinajstić information content (AvgIpc) is 1.81. The highest BCUT2D eigenvalue weighted by Crippen LogP contribution is 1.87. The lowest BCUT2D eigenvalue weighted by Gasteiger charge is -1.78. The molecule has 8 heavy (non-hydrogen) atoms. The van der Waals surface area contributed by atoms with Crippen LogP contribution in [0.4, 0.5) is 0 Å². The van der Waals surface area contributed by atoms with E-state index in [0.29, 0.717) is 6.61 Å². The summed E-state index contributed by atoms with van der Waals surface area (Å²) in [6.07, 6.45) is 0. The molecule has 0 unspecified atom stereocenters. The molecule has 0 atom stereocenters. The Hall–Kier alpha value is -0.640. The molecular weight excluding hydrogens is 122 g/mol. The first-order valence-electron chi connectivity index (χ1n) is 1.93. The Morgan fingerprint density at radius 3 is 3.00 bits per heavy atom. The van der Waals surface area contributed by atoms with Crippen LogP contribution in [0.3, 0.4) is 0 Å². The molecule has 0 radical (unpaired) electrons. The Kier molecular flexibility index (Phi) is 5.85. The number of ether oxygens (including phenoxy) is 1. The van der Waals surface area contributed by atoms with Crippen LogP contribution < -0.4 is 0 Å². The maximum absolute atomic E-state index is 7.94. The van der Waals surface area contributed by atoms with E-state index in [1.807, 2.05) is 5.40 Å². The Bertz CT molecular complexity index is 139. The van der Waals surface area contributed by atoms with Gasteiger partial charge in [-0.3, -0.25) is 0 Å². The molecule has 0 amide bonds. The summed E-state index contributed by atoms with van der Waals surface area (Å²) in [7, 11) is 1.56. The highest BCUT2D eigenvalue weighted by molar-refractivity contribution is 8.08. The molecule has 0 saturated carbocycles. The third-order valence-corrected chi connectivity index (χ3v) is 0.723. The molecule has 0 spiro atoms. The van der Waals surface area contributed by atoms with Crippen LogP contribution in [-0.4, -0.2) is 13.7 Å². The molecule has 0 aromatic heterocycles. The van der Waals surface area contributed by atoms with E-state index in [1.165, 1.54) is 0 Å². The fourth-order valence-corrected chi connectivity index (χ4v) is 0.337. The number of nitriles is 1. The van der Waals surface area contributed by atoms with E-state index in [-0.39, 0.29) is 0 Å². The van der Waals surface area contributed by atoms with Gasteiger partial charge in [-0.05, 0) is 5.25 Å². The Labute approximate surface area is 52.8 Å².